The number of aromatic nitrogens is 2. The van der Waals surface area contributed by atoms with Crippen LogP contribution in [0.3, 0.4) is 0 Å². The van der Waals surface area contributed by atoms with E-state index < -0.39 is 0 Å². The van der Waals surface area contributed by atoms with Gasteiger partial charge in [-0.1, -0.05) is 11.2 Å². The summed E-state index contributed by atoms with van der Waals surface area (Å²) in [4.78, 5) is 18.8. The molecule has 2 aromatic carbocycles. The van der Waals surface area contributed by atoms with E-state index in [1.54, 1.807) is 7.11 Å². The maximum absolute atomic E-state index is 12.5. The molecule has 1 aliphatic heterocycles. The zero-order valence-corrected chi connectivity index (χ0v) is 15.7. The van der Waals surface area contributed by atoms with Crippen molar-refractivity contribution in [3.63, 3.8) is 0 Å². The molecular weight excluding hydrogens is 356 g/mol. The minimum atomic E-state index is 0.0840. The number of hydrogen-bond acceptors (Lipinski definition) is 6. The highest BCUT2D eigenvalue weighted by atomic mass is 16.5. The summed E-state index contributed by atoms with van der Waals surface area (Å²) in [6.07, 6.45) is 2.16. The van der Waals surface area contributed by atoms with Crippen molar-refractivity contribution in [3.8, 4) is 17.1 Å². The van der Waals surface area contributed by atoms with Gasteiger partial charge in [0.05, 0.1) is 13.7 Å². The Labute approximate surface area is 163 Å². The lowest BCUT2D eigenvalue weighted by Gasteiger charge is -2.15. The predicted molar refractivity (Wildman–Crippen MR) is 105 cm³/mol. The van der Waals surface area contributed by atoms with Gasteiger partial charge >= 0.3 is 0 Å². The van der Waals surface area contributed by atoms with Crippen LogP contribution in [0.2, 0.25) is 0 Å². The number of anilines is 1. The average molecular weight is 378 g/mol. The van der Waals surface area contributed by atoms with E-state index in [1.165, 1.54) is 0 Å². The molecule has 1 saturated heterocycles. The highest BCUT2D eigenvalue weighted by molar-refractivity contribution is 5.95. The molecule has 7 nitrogen and oxygen atoms in total. The molecule has 0 bridgehead atoms. The Morgan fingerprint density at radius 1 is 1.18 bits per heavy atom. The number of ether oxygens (including phenoxy) is 1. The van der Waals surface area contributed by atoms with Crippen LogP contribution in [0.15, 0.2) is 53.1 Å². The van der Waals surface area contributed by atoms with Crippen molar-refractivity contribution < 1.29 is 14.1 Å². The molecule has 0 saturated carbocycles. The van der Waals surface area contributed by atoms with E-state index in [2.05, 4.69) is 15.5 Å². The smallest absolute Gasteiger partial charge is 0.253 e. The molecule has 7 heteroatoms. The summed E-state index contributed by atoms with van der Waals surface area (Å²) in [6.45, 7) is 2.06. The van der Waals surface area contributed by atoms with E-state index in [4.69, 9.17) is 9.26 Å². The van der Waals surface area contributed by atoms with Crippen LogP contribution in [0, 0.1) is 0 Å². The summed E-state index contributed by atoms with van der Waals surface area (Å²) in [7, 11) is 1.63. The molecule has 4 rings (SSSR count). The van der Waals surface area contributed by atoms with Crippen LogP contribution in [0.1, 0.15) is 29.1 Å². The number of methoxy groups -OCH3 is 1. The zero-order chi connectivity index (χ0) is 19.3. The van der Waals surface area contributed by atoms with Crippen molar-refractivity contribution in [1.29, 1.82) is 0 Å². The second-order valence-corrected chi connectivity index (χ2v) is 6.67. The fourth-order valence-corrected chi connectivity index (χ4v) is 3.23. The zero-order valence-electron chi connectivity index (χ0n) is 15.7. The third-order valence-corrected chi connectivity index (χ3v) is 4.76. The van der Waals surface area contributed by atoms with Gasteiger partial charge in [-0.2, -0.15) is 4.98 Å². The van der Waals surface area contributed by atoms with Crippen LogP contribution in [-0.2, 0) is 6.54 Å². The quantitative estimate of drug-likeness (QED) is 0.706. The van der Waals surface area contributed by atoms with Crippen LogP contribution in [0.5, 0.6) is 5.75 Å². The van der Waals surface area contributed by atoms with Crippen LogP contribution in [-0.4, -0.2) is 41.1 Å². The summed E-state index contributed by atoms with van der Waals surface area (Å²) >= 11 is 0. The van der Waals surface area contributed by atoms with Gasteiger partial charge in [-0.3, -0.25) is 4.79 Å². The van der Waals surface area contributed by atoms with Crippen LogP contribution in [0.4, 0.5) is 5.69 Å². The topological polar surface area (TPSA) is 80.5 Å². The van der Waals surface area contributed by atoms with Gasteiger partial charge in [0, 0.05) is 29.9 Å². The van der Waals surface area contributed by atoms with Crippen molar-refractivity contribution in [1.82, 2.24) is 15.0 Å². The van der Waals surface area contributed by atoms with Gasteiger partial charge in [0.2, 0.25) is 11.7 Å². The summed E-state index contributed by atoms with van der Waals surface area (Å²) in [6, 6.07) is 15.0. The first-order valence-corrected chi connectivity index (χ1v) is 9.33. The Bertz CT molecular complexity index is 946. The van der Waals surface area contributed by atoms with E-state index in [1.807, 2.05) is 53.4 Å². The van der Waals surface area contributed by atoms with E-state index in [0.29, 0.717) is 23.8 Å². The highest BCUT2D eigenvalue weighted by Gasteiger charge is 2.19. The van der Waals surface area contributed by atoms with Gasteiger partial charge < -0.3 is 19.5 Å². The molecule has 1 fully saturated rings. The summed E-state index contributed by atoms with van der Waals surface area (Å²) in [5, 5.41) is 7.27. The average Bonchev–Trinajstić information content (AvgIpc) is 3.44. The highest BCUT2D eigenvalue weighted by Crippen LogP contribution is 2.20. The number of rotatable bonds is 6. The number of likely N-dealkylation sites (tertiary alicyclic amines) is 1. The molecule has 0 radical (unpaired) electrons. The maximum Gasteiger partial charge on any atom is 0.253 e. The van der Waals surface area contributed by atoms with Gasteiger partial charge in [0.15, 0.2) is 0 Å². The summed E-state index contributed by atoms with van der Waals surface area (Å²) in [5.41, 5.74) is 2.39. The first-order chi connectivity index (χ1) is 13.7. The Morgan fingerprint density at radius 3 is 2.71 bits per heavy atom. The summed E-state index contributed by atoms with van der Waals surface area (Å²) in [5.74, 6) is 1.86. The lowest BCUT2D eigenvalue weighted by molar-refractivity contribution is 0.0793. The molecule has 0 unspecified atom stereocenters. The number of carbonyl (C=O) groups is 1. The minimum absolute atomic E-state index is 0.0840. The second kappa shape index (κ2) is 8.12. The van der Waals surface area contributed by atoms with E-state index in [0.717, 1.165) is 42.9 Å². The Kier molecular flexibility index (Phi) is 5.23. The standard InChI is InChI=1S/C21H22N4O3/c1-27-18-9-7-15(8-10-18)20-23-19(28-24-20)14-22-17-6-4-5-16(13-17)21(26)25-11-2-3-12-25/h4-10,13,22H,2-3,11-12,14H2,1H3. The molecule has 1 aliphatic rings. The Morgan fingerprint density at radius 2 is 1.96 bits per heavy atom. The van der Waals surface area contributed by atoms with E-state index in [9.17, 15) is 4.79 Å². The van der Waals surface area contributed by atoms with E-state index in [-0.39, 0.29) is 5.91 Å². The molecule has 1 aromatic heterocycles. The largest absolute Gasteiger partial charge is 0.497 e. The molecule has 1 amide bonds. The molecule has 28 heavy (non-hydrogen) atoms. The first-order valence-electron chi connectivity index (χ1n) is 9.33. The predicted octanol–water partition coefficient (Wildman–Crippen LogP) is 3.59. The van der Waals surface area contributed by atoms with Gasteiger partial charge in [0.25, 0.3) is 5.91 Å². The lowest BCUT2D eigenvalue weighted by atomic mass is 10.1. The molecule has 0 atom stereocenters. The van der Waals surface area contributed by atoms with Crippen molar-refractivity contribution >= 4 is 11.6 Å². The number of amides is 1. The number of carbonyl (C=O) groups excluding carboxylic acids is 1. The minimum Gasteiger partial charge on any atom is -0.497 e. The van der Waals surface area contributed by atoms with Crippen molar-refractivity contribution in [2.24, 2.45) is 0 Å². The number of hydrogen-bond donors (Lipinski definition) is 1. The van der Waals surface area contributed by atoms with Crippen molar-refractivity contribution in [2.45, 2.75) is 19.4 Å². The van der Waals surface area contributed by atoms with Crippen LogP contribution < -0.4 is 10.1 Å². The Hall–Kier alpha value is -3.35. The van der Waals surface area contributed by atoms with Gasteiger partial charge in [-0.15, -0.1) is 0 Å². The fourth-order valence-electron chi connectivity index (χ4n) is 3.23. The SMILES string of the molecule is COc1ccc(-c2noc(CNc3cccc(C(=O)N4CCCC4)c3)n2)cc1. The monoisotopic (exact) mass is 378 g/mol. The fraction of sp³-hybridized carbons (Fsp3) is 0.286. The van der Waals surface area contributed by atoms with Crippen molar-refractivity contribution in [3.05, 3.63) is 60.0 Å². The molecule has 2 heterocycles. The molecule has 0 aliphatic carbocycles. The molecular formula is C21H22N4O3. The van der Waals surface area contributed by atoms with Crippen molar-refractivity contribution in [2.75, 3.05) is 25.5 Å². The third-order valence-electron chi connectivity index (χ3n) is 4.76. The molecule has 0 spiro atoms. The second-order valence-electron chi connectivity index (χ2n) is 6.67. The van der Waals surface area contributed by atoms with Gasteiger partial charge in [-0.05, 0) is 55.3 Å². The normalized spacial score (nSPS) is 13.5. The Balaban J connectivity index is 1.40. The number of benzene rings is 2. The maximum atomic E-state index is 12.5. The number of nitrogens with one attached hydrogen (secondary N) is 1. The van der Waals surface area contributed by atoms with E-state index >= 15 is 0 Å². The van der Waals surface area contributed by atoms with Gasteiger partial charge in [-0.25, -0.2) is 0 Å². The molecule has 3 aromatic rings. The number of nitrogens with zero attached hydrogens (tertiary/aromatic N) is 3. The van der Waals surface area contributed by atoms with Crippen LogP contribution in [0.25, 0.3) is 11.4 Å². The lowest BCUT2D eigenvalue weighted by Crippen LogP contribution is -2.27. The van der Waals surface area contributed by atoms with Gasteiger partial charge in [0.1, 0.15) is 5.75 Å². The molecule has 144 valence electrons. The van der Waals surface area contributed by atoms with Crippen LogP contribution >= 0.6 is 0 Å². The molecule has 1 N–H and O–H groups in total. The first kappa shape index (κ1) is 18.0. The third kappa shape index (κ3) is 3.98. The summed E-state index contributed by atoms with van der Waals surface area (Å²) < 4.78 is 10.5.